The van der Waals surface area contributed by atoms with Crippen molar-refractivity contribution >= 4 is 17.6 Å². The second kappa shape index (κ2) is 7.23. The topological polar surface area (TPSA) is 112 Å². The molecule has 2 heterocycles. The van der Waals surface area contributed by atoms with E-state index in [1.165, 1.54) is 0 Å². The average Bonchev–Trinajstić information content (AvgIpc) is 2.62. The van der Waals surface area contributed by atoms with Crippen molar-refractivity contribution < 1.29 is 23.8 Å². The standard InChI is InChI=1S/C18H16ClNO6/c1-2-24-18(23)14-13(10-5-3-4-6-11(10)19)16-15(26-17(14)20)12(22)7-9(8-21)25-16/h3-7,13,21H,2,8,20H2,1H3. The Balaban J connectivity index is 2.30. The van der Waals surface area contributed by atoms with Gasteiger partial charge in [0.2, 0.25) is 17.1 Å². The Hall–Kier alpha value is -2.77. The Morgan fingerprint density at radius 1 is 1.38 bits per heavy atom. The van der Waals surface area contributed by atoms with Gasteiger partial charge in [0.25, 0.3) is 0 Å². The molecule has 2 aromatic rings. The van der Waals surface area contributed by atoms with Gasteiger partial charge in [-0.1, -0.05) is 29.8 Å². The number of hydrogen-bond acceptors (Lipinski definition) is 7. The first-order valence-corrected chi connectivity index (χ1v) is 8.22. The highest BCUT2D eigenvalue weighted by Crippen LogP contribution is 2.43. The molecule has 8 heteroatoms. The van der Waals surface area contributed by atoms with Crippen molar-refractivity contribution in [2.45, 2.75) is 19.4 Å². The van der Waals surface area contributed by atoms with Crippen LogP contribution < -0.4 is 15.9 Å². The first kappa shape index (κ1) is 18.0. The van der Waals surface area contributed by atoms with Crippen LogP contribution in [-0.2, 0) is 16.1 Å². The fourth-order valence-corrected chi connectivity index (χ4v) is 3.04. The van der Waals surface area contributed by atoms with Gasteiger partial charge >= 0.3 is 5.97 Å². The van der Waals surface area contributed by atoms with Crippen LogP contribution in [0.25, 0.3) is 0 Å². The Morgan fingerprint density at radius 3 is 2.77 bits per heavy atom. The number of esters is 1. The summed E-state index contributed by atoms with van der Waals surface area (Å²) in [5.74, 6) is -1.98. The molecule has 0 amide bonds. The Bertz CT molecular complexity index is 949. The maximum Gasteiger partial charge on any atom is 0.340 e. The molecule has 1 aromatic heterocycles. The van der Waals surface area contributed by atoms with Gasteiger partial charge in [0, 0.05) is 11.1 Å². The molecule has 1 unspecified atom stereocenters. The summed E-state index contributed by atoms with van der Waals surface area (Å²) >= 11 is 6.31. The number of rotatable bonds is 4. The van der Waals surface area contributed by atoms with Gasteiger partial charge in [-0.05, 0) is 18.6 Å². The second-order valence-corrected chi connectivity index (χ2v) is 5.89. The van der Waals surface area contributed by atoms with Crippen molar-refractivity contribution in [2.24, 2.45) is 5.73 Å². The van der Waals surface area contributed by atoms with Crippen LogP contribution in [0.3, 0.4) is 0 Å². The van der Waals surface area contributed by atoms with Crippen LogP contribution in [0.4, 0.5) is 0 Å². The molecule has 1 aliphatic heterocycles. The predicted molar refractivity (Wildman–Crippen MR) is 92.7 cm³/mol. The maximum atomic E-state index is 12.5. The highest BCUT2D eigenvalue weighted by atomic mass is 35.5. The number of carbonyl (C=O) groups excluding carboxylic acids is 1. The van der Waals surface area contributed by atoms with Gasteiger partial charge in [0.05, 0.1) is 12.5 Å². The fourth-order valence-electron chi connectivity index (χ4n) is 2.79. The molecule has 0 fully saturated rings. The molecular formula is C18H16ClNO6. The molecule has 7 nitrogen and oxygen atoms in total. The number of nitrogens with two attached hydrogens (primary N) is 1. The summed E-state index contributed by atoms with van der Waals surface area (Å²) in [7, 11) is 0. The van der Waals surface area contributed by atoms with Crippen molar-refractivity contribution in [1.82, 2.24) is 0 Å². The van der Waals surface area contributed by atoms with Crippen molar-refractivity contribution in [2.75, 3.05) is 6.61 Å². The number of carbonyl (C=O) groups is 1. The maximum absolute atomic E-state index is 12.5. The largest absolute Gasteiger partial charge is 0.462 e. The summed E-state index contributed by atoms with van der Waals surface area (Å²) in [5.41, 5.74) is 5.86. The minimum absolute atomic E-state index is 0.0225. The molecule has 3 rings (SSSR count). The van der Waals surface area contributed by atoms with E-state index in [4.69, 9.17) is 31.2 Å². The SMILES string of the molecule is CCOC(=O)C1=C(N)Oc2c(oc(CO)cc2=O)C1c1ccccc1Cl. The summed E-state index contributed by atoms with van der Waals surface area (Å²) in [6.45, 7) is 1.28. The fraction of sp³-hybridized carbons (Fsp3) is 0.222. The molecule has 1 atom stereocenters. The minimum Gasteiger partial charge on any atom is -0.462 e. The number of fused-ring (bicyclic) bond motifs is 1. The van der Waals surface area contributed by atoms with Gasteiger partial charge in [-0.3, -0.25) is 4.79 Å². The number of ether oxygens (including phenoxy) is 2. The molecule has 0 aliphatic carbocycles. The van der Waals surface area contributed by atoms with Crippen LogP contribution in [-0.4, -0.2) is 17.7 Å². The molecule has 0 saturated heterocycles. The molecule has 1 aromatic carbocycles. The third-order valence-corrected chi connectivity index (χ3v) is 4.22. The molecule has 0 spiro atoms. The van der Waals surface area contributed by atoms with E-state index in [0.29, 0.717) is 10.6 Å². The van der Waals surface area contributed by atoms with Crippen LogP contribution in [0, 0.1) is 0 Å². The number of aliphatic hydroxyl groups excluding tert-OH is 1. The van der Waals surface area contributed by atoms with E-state index in [2.05, 4.69) is 0 Å². The van der Waals surface area contributed by atoms with Gasteiger partial charge in [-0.15, -0.1) is 0 Å². The van der Waals surface area contributed by atoms with Crippen LogP contribution >= 0.6 is 11.6 Å². The second-order valence-electron chi connectivity index (χ2n) is 5.48. The molecule has 1 aliphatic rings. The van der Waals surface area contributed by atoms with Gasteiger partial charge in [0.1, 0.15) is 17.9 Å². The quantitative estimate of drug-likeness (QED) is 0.784. The van der Waals surface area contributed by atoms with E-state index in [9.17, 15) is 14.7 Å². The first-order valence-electron chi connectivity index (χ1n) is 7.84. The van der Waals surface area contributed by atoms with Crippen molar-refractivity contribution in [3.8, 4) is 5.75 Å². The third-order valence-electron chi connectivity index (χ3n) is 3.88. The average molecular weight is 378 g/mol. The highest BCUT2D eigenvalue weighted by molar-refractivity contribution is 6.31. The molecule has 0 radical (unpaired) electrons. The first-order chi connectivity index (χ1) is 12.5. The summed E-state index contributed by atoms with van der Waals surface area (Å²) in [5, 5.41) is 9.70. The van der Waals surface area contributed by atoms with E-state index in [0.717, 1.165) is 6.07 Å². The monoisotopic (exact) mass is 377 g/mol. The zero-order valence-electron chi connectivity index (χ0n) is 13.8. The van der Waals surface area contributed by atoms with E-state index in [1.807, 2.05) is 0 Å². The lowest BCUT2D eigenvalue weighted by atomic mass is 9.86. The minimum atomic E-state index is -0.911. The number of halogens is 1. The zero-order valence-corrected chi connectivity index (χ0v) is 14.6. The normalized spacial score (nSPS) is 16.0. The predicted octanol–water partition coefficient (Wildman–Crippen LogP) is 2.04. The molecule has 136 valence electrons. The summed E-state index contributed by atoms with van der Waals surface area (Å²) in [6, 6.07) is 7.87. The van der Waals surface area contributed by atoms with Gasteiger partial charge < -0.3 is 24.7 Å². The van der Waals surface area contributed by atoms with Crippen LogP contribution in [0.1, 0.15) is 29.9 Å². The third kappa shape index (κ3) is 3.07. The van der Waals surface area contributed by atoms with E-state index in [1.54, 1.807) is 31.2 Å². The van der Waals surface area contributed by atoms with Gasteiger partial charge in [0.15, 0.2) is 5.76 Å². The van der Waals surface area contributed by atoms with E-state index < -0.39 is 23.9 Å². The van der Waals surface area contributed by atoms with Crippen LogP contribution in [0.15, 0.2) is 51.0 Å². The lowest BCUT2D eigenvalue weighted by Gasteiger charge is -2.27. The summed E-state index contributed by atoms with van der Waals surface area (Å²) in [4.78, 5) is 24.8. The zero-order chi connectivity index (χ0) is 18.8. The molecule has 0 bridgehead atoms. The molecular weight excluding hydrogens is 362 g/mol. The lowest BCUT2D eigenvalue weighted by Crippen LogP contribution is -2.30. The number of hydrogen-bond donors (Lipinski definition) is 2. The van der Waals surface area contributed by atoms with Crippen LogP contribution in [0.2, 0.25) is 5.02 Å². The Morgan fingerprint density at radius 2 is 2.12 bits per heavy atom. The van der Waals surface area contributed by atoms with Crippen molar-refractivity contribution in [3.05, 3.63) is 74.1 Å². The van der Waals surface area contributed by atoms with Crippen LogP contribution in [0.5, 0.6) is 5.75 Å². The lowest BCUT2D eigenvalue weighted by molar-refractivity contribution is -0.139. The van der Waals surface area contributed by atoms with E-state index >= 15 is 0 Å². The Kier molecular flexibility index (Phi) is 5.01. The Labute approximate surface area is 153 Å². The number of aliphatic hydroxyl groups is 1. The van der Waals surface area contributed by atoms with Gasteiger partial charge in [-0.25, -0.2) is 4.79 Å². The smallest absolute Gasteiger partial charge is 0.340 e. The van der Waals surface area contributed by atoms with Crippen molar-refractivity contribution in [1.29, 1.82) is 0 Å². The van der Waals surface area contributed by atoms with Gasteiger partial charge in [-0.2, -0.15) is 0 Å². The highest BCUT2D eigenvalue weighted by Gasteiger charge is 2.40. The molecule has 0 saturated carbocycles. The molecule has 26 heavy (non-hydrogen) atoms. The number of benzene rings is 1. The summed E-state index contributed by atoms with van der Waals surface area (Å²) < 4.78 is 16.1. The van der Waals surface area contributed by atoms with E-state index in [-0.39, 0.29) is 35.3 Å². The van der Waals surface area contributed by atoms with Crippen molar-refractivity contribution in [3.63, 3.8) is 0 Å². The molecule has 3 N–H and O–H groups in total. The summed E-state index contributed by atoms with van der Waals surface area (Å²) in [6.07, 6.45) is 0.